The Morgan fingerprint density at radius 3 is 1.35 bits per heavy atom. The average molecular weight is 684 g/mol. The number of amides is 1. The topological polar surface area (TPSA) is 69.6 Å². The molecule has 3 N–H and O–H groups in total. The van der Waals surface area contributed by atoms with Gasteiger partial charge in [-0.05, 0) is 57.8 Å². The number of aliphatic hydroxyl groups excluding tert-OH is 2. The summed E-state index contributed by atoms with van der Waals surface area (Å²) in [6.45, 7) is 4.19. The van der Waals surface area contributed by atoms with Gasteiger partial charge in [0.05, 0.1) is 18.8 Å². The van der Waals surface area contributed by atoms with Crippen molar-refractivity contribution in [2.24, 2.45) is 0 Å². The first-order valence-corrected chi connectivity index (χ1v) is 21.0. The van der Waals surface area contributed by atoms with Gasteiger partial charge in [-0.1, -0.05) is 197 Å². The van der Waals surface area contributed by atoms with Crippen molar-refractivity contribution in [3.05, 3.63) is 60.8 Å². The maximum Gasteiger partial charge on any atom is 0.220 e. The van der Waals surface area contributed by atoms with Crippen molar-refractivity contribution in [1.29, 1.82) is 0 Å². The number of hydrogen-bond acceptors (Lipinski definition) is 3. The molecule has 0 bridgehead atoms. The molecule has 49 heavy (non-hydrogen) atoms. The highest BCUT2D eigenvalue weighted by Crippen LogP contribution is 2.14. The number of carbonyl (C=O) groups excluding carboxylic acids is 1. The highest BCUT2D eigenvalue weighted by atomic mass is 16.3. The molecule has 284 valence electrons. The van der Waals surface area contributed by atoms with Crippen molar-refractivity contribution in [2.45, 2.75) is 212 Å². The first-order valence-electron chi connectivity index (χ1n) is 21.0. The van der Waals surface area contributed by atoms with Crippen LogP contribution in [-0.4, -0.2) is 34.9 Å². The molecule has 0 heterocycles. The summed E-state index contributed by atoms with van der Waals surface area (Å²) in [4.78, 5) is 12.4. The number of aliphatic hydroxyl groups is 2. The Morgan fingerprint density at radius 2 is 0.898 bits per heavy atom. The van der Waals surface area contributed by atoms with Crippen LogP contribution in [0.5, 0.6) is 0 Å². The minimum atomic E-state index is -0.847. The second-order valence-corrected chi connectivity index (χ2v) is 14.0. The summed E-state index contributed by atoms with van der Waals surface area (Å²) in [5.41, 5.74) is 0. The van der Waals surface area contributed by atoms with Crippen LogP contribution in [0, 0.1) is 0 Å². The summed E-state index contributed by atoms with van der Waals surface area (Å²) in [5.74, 6) is -0.0800. The predicted octanol–water partition coefficient (Wildman–Crippen LogP) is 13.0. The normalized spacial score (nSPS) is 13.6. The lowest BCUT2D eigenvalue weighted by Crippen LogP contribution is -2.45. The number of carbonyl (C=O) groups is 1. The maximum absolute atomic E-state index is 12.4. The van der Waals surface area contributed by atoms with Crippen LogP contribution in [0.2, 0.25) is 0 Å². The van der Waals surface area contributed by atoms with Crippen molar-refractivity contribution in [2.75, 3.05) is 6.61 Å². The average Bonchev–Trinajstić information content (AvgIpc) is 3.10. The van der Waals surface area contributed by atoms with E-state index in [1.165, 1.54) is 116 Å². The third kappa shape index (κ3) is 37.2. The third-order valence-electron chi connectivity index (χ3n) is 9.26. The summed E-state index contributed by atoms with van der Waals surface area (Å²) < 4.78 is 0. The molecule has 1 amide bonds. The van der Waals surface area contributed by atoms with Gasteiger partial charge >= 0.3 is 0 Å². The molecule has 0 spiro atoms. The molecule has 0 radical (unpaired) electrons. The van der Waals surface area contributed by atoms with Gasteiger partial charge in [0.1, 0.15) is 0 Å². The molecule has 0 aromatic carbocycles. The number of unbranched alkanes of at least 4 members (excludes halogenated alkanes) is 22. The minimum Gasteiger partial charge on any atom is -0.394 e. The van der Waals surface area contributed by atoms with Crippen LogP contribution in [-0.2, 0) is 4.79 Å². The van der Waals surface area contributed by atoms with Crippen molar-refractivity contribution < 1.29 is 15.0 Å². The molecule has 2 unspecified atom stereocenters. The lowest BCUT2D eigenvalue weighted by molar-refractivity contribution is -0.123. The molecule has 4 heteroatoms. The summed E-state index contributed by atoms with van der Waals surface area (Å²) in [7, 11) is 0. The second-order valence-electron chi connectivity index (χ2n) is 14.0. The van der Waals surface area contributed by atoms with Crippen LogP contribution in [0.15, 0.2) is 60.8 Å². The molecule has 0 aliphatic heterocycles. The molecular weight excluding hydrogens is 602 g/mol. The van der Waals surface area contributed by atoms with Gasteiger partial charge in [0.25, 0.3) is 0 Å². The molecule has 0 fully saturated rings. The molecule has 0 saturated heterocycles. The Balaban J connectivity index is 3.64. The summed E-state index contributed by atoms with van der Waals surface area (Å²) in [6, 6.07) is -0.632. The largest absolute Gasteiger partial charge is 0.394 e. The van der Waals surface area contributed by atoms with Crippen molar-refractivity contribution >= 4 is 5.91 Å². The SMILES string of the molecule is CC/C=C\C/C=C\C/C=C\C/C=C\CCCCCCCCC(=O)NC(CO)C(O)/C=C/CCCCCCCCCCCCCCCCCC. The standard InChI is InChI=1S/C45H81NO3/c1-3-5-7-9-11-13-15-17-19-21-23-25-27-29-31-33-35-37-39-41-45(49)46-43(42-47)44(48)40-38-36-34-32-30-28-26-24-22-20-18-16-14-12-10-8-6-4-2/h5,7,11,13,17,19,23,25,38,40,43-44,47-48H,3-4,6,8-10,12,14-16,18,20-22,24,26-37,39,41-42H2,1-2H3,(H,46,49)/b7-5-,13-11-,19-17-,25-23-,40-38+. The van der Waals surface area contributed by atoms with Crippen LogP contribution < -0.4 is 5.32 Å². The zero-order chi connectivity index (χ0) is 35.7. The van der Waals surface area contributed by atoms with E-state index in [1.807, 2.05) is 6.08 Å². The number of rotatable bonds is 37. The fourth-order valence-electron chi connectivity index (χ4n) is 6.05. The second kappa shape index (κ2) is 40.5. The Kier molecular flexibility index (Phi) is 38.9. The molecule has 0 saturated carbocycles. The zero-order valence-corrected chi connectivity index (χ0v) is 32.4. The monoisotopic (exact) mass is 684 g/mol. The lowest BCUT2D eigenvalue weighted by atomic mass is 10.0. The van der Waals surface area contributed by atoms with E-state index in [2.05, 4.69) is 67.8 Å². The van der Waals surface area contributed by atoms with E-state index in [0.717, 1.165) is 64.2 Å². The van der Waals surface area contributed by atoms with E-state index in [4.69, 9.17) is 0 Å². The van der Waals surface area contributed by atoms with E-state index < -0.39 is 12.1 Å². The highest BCUT2D eigenvalue weighted by molar-refractivity contribution is 5.76. The molecule has 2 atom stereocenters. The number of nitrogens with one attached hydrogen (secondary N) is 1. The van der Waals surface area contributed by atoms with Crippen LogP contribution in [0.25, 0.3) is 0 Å². The smallest absolute Gasteiger partial charge is 0.220 e. The van der Waals surface area contributed by atoms with E-state index in [0.29, 0.717) is 6.42 Å². The van der Waals surface area contributed by atoms with Crippen molar-refractivity contribution in [1.82, 2.24) is 5.32 Å². The van der Waals surface area contributed by atoms with Crippen molar-refractivity contribution in [3.8, 4) is 0 Å². The molecular formula is C45H81NO3. The summed E-state index contributed by atoms with van der Waals surface area (Å²) in [5, 5.41) is 23.0. The Morgan fingerprint density at radius 1 is 0.510 bits per heavy atom. The molecule has 0 aliphatic rings. The Labute approximate surface area is 305 Å². The zero-order valence-electron chi connectivity index (χ0n) is 32.4. The first-order chi connectivity index (χ1) is 24.2. The van der Waals surface area contributed by atoms with Crippen molar-refractivity contribution in [3.63, 3.8) is 0 Å². The number of hydrogen-bond donors (Lipinski definition) is 3. The van der Waals surface area contributed by atoms with E-state index in [9.17, 15) is 15.0 Å². The third-order valence-corrected chi connectivity index (χ3v) is 9.26. The van der Waals surface area contributed by atoms with Gasteiger partial charge in [0.2, 0.25) is 5.91 Å². The summed E-state index contributed by atoms with van der Waals surface area (Å²) >= 11 is 0. The van der Waals surface area contributed by atoms with Gasteiger partial charge in [0, 0.05) is 6.42 Å². The first kappa shape index (κ1) is 47.1. The van der Waals surface area contributed by atoms with Crippen LogP contribution >= 0.6 is 0 Å². The lowest BCUT2D eigenvalue weighted by Gasteiger charge is -2.20. The molecule has 4 nitrogen and oxygen atoms in total. The van der Waals surface area contributed by atoms with Gasteiger partial charge in [-0.25, -0.2) is 0 Å². The molecule has 0 aromatic heterocycles. The summed E-state index contributed by atoms with van der Waals surface area (Å²) in [6.07, 6.45) is 56.0. The van der Waals surface area contributed by atoms with Crippen LogP contribution in [0.4, 0.5) is 0 Å². The fourth-order valence-corrected chi connectivity index (χ4v) is 6.05. The molecule has 0 rings (SSSR count). The van der Waals surface area contributed by atoms with Gasteiger partial charge in [-0.15, -0.1) is 0 Å². The molecule has 0 aromatic rings. The van der Waals surface area contributed by atoms with Gasteiger partial charge < -0.3 is 15.5 Å². The fraction of sp³-hybridized carbons (Fsp3) is 0.756. The van der Waals surface area contributed by atoms with Crippen LogP contribution in [0.1, 0.15) is 200 Å². The molecule has 0 aliphatic carbocycles. The van der Waals surface area contributed by atoms with E-state index in [1.54, 1.807) is 6.08 Å². The van der Waals surface area contributed by atoms with Gasteiger partial charge in [-0.3, -0.25) is 4.79 Å². The predicted molar refractivity (Wildman–Crippen MR) is 216 cm³/mol. The van der Waals surface area contributed by atoms with E-state index in [-0.39, 0.29) is 12.5 Å². The quantitative estimate of drug-likeness (QED) is 0.0451. The Bertz CT molecular complexity index is 827. The number of allylic oxidation sites excluding steroid dienone is 9. The maximum atomic E-state index is 12.4. The van der Waals surface area contributed by atoms with E-state index >= 15 is 0 Å². The Hall–Kier alpha value is -1.91. The van der Waals surface area contributed by atoms with Gasteiger partial charge in [-0.2, -0.15) is 0 Å². The van der Waals surface area contributed by atoms with Crippen LogP contribution in [0.3, 0.4) is 0 Å². The van der Waals surface area contributed by atoms with Gasteiger partial charge in [0.15, 0.2) is 0 Å². The minimum absolute atomic E-state index is 0.0800. The highest BCUT2D eigenvalue weighted by Gasteiger charge is 2.17.